The van der Waals surface area contributed by atoms with Crippen molar-refractivity contribution in [1.82, 2.24) is 14.7 Å². The lowest BCUT2D eigenvalue weighted by Gasteiger charge is -2.32. The number of halogens is 1. The van der Waals surface area contributed by atoms with Gasteiger partial charge in [-0.25, -0.2) is 9.07 Å². The molecule has 128 valence electrons. The highest BCUT2D eigenvalue weighted by Gasteiger charge is 2.28. The first-order valence-corrected chi connectivity index (χ1v) is 8.04. The van der Waals surface area contributed by atoms with Crippen molar-refractivity contribution >= 4 is 5.91 Å². The van der Waals surface area contributed by atoms with E-state index in [-0.39, 0.29) is 29.1 Å². The summed E-state index contributed by atoms with van der Waals surface area (Å²) in [6, 6.07) is 6.06. The Morgan fingerprint density at radius 3 is 3.00 bits per heavy atom. The van der Waals surface area contributed by atoms with Crippen LogP contribution in [0.3, 0.4) is 0 Å². The number of aromatic nitrogens is 2. The van der Waals surface area contributed by atoms with Crippen LogP contribution in [0.15, 0.2) is 30.5 Å². The van der Waals surface area contributed by atoms with Crippen LogP contribution in [0.4, 0.5) is 4.39 Å². The third-order valence-electron chi connectivity index (χ3n) is 4.06. The van der Waals surface area contributed by atoms with E-state index in [2.05, 4.69) is 5.10 Å². The zero-order valence-electron chi connectivity index (χ0n) is 13.5. The highest BCUT2D eigenvalue weighted by atomic mass is 19.1. The number of aromatic hydroxyl groups is 1. The smallest absolute Gasteiger partial charge is 0.278 e. The summed E-state index contributed by atoms with van der Waals surface area (Å²) in [5, 5.41) is 14.2. The number of benzene rings is 1. The Morgan fingerprint density at radius 1 is 1.46 bits per heavy atom. The molecule has 3 rings (SSSR count). The predicted molar refractivity (Wildman–Crippen MR) is 85.7 cm³/mol. The summed E-state index contributed by atoms with van der Waals surface area (Å²) in [5.41, 5.74) is 0.105. The molecule has 1 N–H and O–H groups in total. The molecular formula is C17H20FN3O3. The van der Waals surface area contributed by atoms with E-state index in [1.807, 2.05) is 6.92 Å². The average Bonchev–Trinajstić information content (AvgIpc) is 2.97. The third-order valence-corrected chi connectivity index (χ3v) is 4.06. The quantitative estimate of drug-likeness (QED) is 0.933. The van der Waals surface area contributed by atoms with E-state index < -0.39 is 5.82 Å². The van der Waals surface area contributed by atoms with Gasteiger partial charge in [0.15, 0.2) is 11.4 Å². The first kappa shape index (κ1) is 16.4. The van der Waals surface area contributed by atoms with E-state index in [1.54, 1.807) is 17.0 Å². The van der Waals surface area contributed by atoms with Gasteiger partial charge >= 0.3 is 0 Å². The molecule has 1 aliphatic rings. The molecule has 1 fully saturated rings. The van der Waals surface area contributed by atoms with Crippen LogP contribution in [0.1, 0.15) is 30.3 Å². The van der Waals surface area contributed by atoms with Crippen molar-refractivity contribution in [3.8, 4) is 11.4 Å². The van der Waals surface area contributed by atoms with Gasteiger partial charge in [-0.15, -0.1) is 0 Å². The van der Waals surface area contributed by atoms with Crippen LogP contribution >= 0.6 is 0 Å². The Kier molecular flexibility index (Phi) is 4.80. The summed E-state index contributed by atoms with van der Waals surface area (Å²) < 4.78 is 20.6. The lowest BCUT2D eigenvalue weighted by atomic mass is 10.1. The van der Waals surface area contributed by atoms with E-state index >= 15 is 0 Å². The fourth-order valence-electron chi connectivity index (χ4n) is 2.92. The molecule has 0 bridgehead atoms. The Labute approximate surface area is 139 Å². The van der Waals surface area contributed by atoms with Crippen LogP contribution in [0.2, 0.25) is 0 Å². The molecule has 1 amide bonds. The largest absolute Gasteiger partial charge is 0.504 e. The summed E-state index contributed by atoms with van der Waals surface area (Å²) >= 11 is 0. The number of ether oxygens (including phenoxy) is 1. The van der Waals surface area contributed by atoms with Gasteiger partial charge in [-0.2, -0.15) is 5.10 Å². The number of hydrogen-bond donors (Lipinski definition) is 1. The van der Waals surface area contributed by atoms with Gasteiger partial charge in [-0.05, 0) is 31.9 Å². The Morgan fingerprint density at radius 2 is 2.25 bits per heavy atom. The van der Waals surface area contributed by atoms with Gasteiger partial charge in [0.05, 0.1) is 12.3 Å². The van der Waals surface area contributed by atoms with E-state index in [1.165, 1.54) is 23.0 Å². The van der Waals surface area contributed by atoms with Crippen LogP contribution in [0.5, 0.6) is 5.75 Å². The Balaban J connectivity index is 1.82. The van der Waals surface area contributed by atoms with Crippen molar-refractivity contribution in [2.24, 2.45) is 0 Å². The molecule has 1 aromatic carbocycles. The maximum absolute atomic E-state index is 13.9. The monoisotopic (exact) mass is 333 g/mol. The summed E-state index contributed by atoms with van der Waals surface area (Å²) in [5.74, 6) is -1.11. The molecule has 1 atom stereocenters. The number of para-hydroxylation sites is 1. The molecule has 1 aromatic heterocycles. The molecule has 6 nitrogen and oxygen atoms in total. The molecule has 24 heavy (non-hydrogen) atoms. The second-order valence-electron chi connectivity index (χ2n) is 5.73. The minimum absolute atomic E-state index is 0.00324. The van der Waals surface area contributed by atoms with E-state index in [0.29, 0.717) is 19.7 Å². The van der Waals surface area contributed by atoms with Crippen molar-refractivity contribution in [3.63, 3.8) is 0 Å². The van der Waals surface area contributed by atoms with Gasteiger partial charge < -0.3 is 14.7 Å². The number of amides is 1. The van der Waals surface area contributed by atoms with Crippen molar-refractivity contribution in [1.29, 1.82) is 0 Å². The van der Waals surface area contributed by atoms with Crippen LogP contribution in [0, 0.1) is 5.82 Å². The van der Waals surface area contributed by atoms with Gasteiger partial charge in [0.1, 0.15) is 11.5 Å². The second-order valence-corrected chi connectivity index (χ2v) is 5.73. The normalized spacial score (nSPS) is 17.9. The maximum Gasteiger partial charge on any atom is 0.278 e. The maximum atomic E-state index is 13.9. The summed E-state index contributed by atoms with van der Waals surface area (Å²) in [7, 11) is 0. The minimum atomic E-state index is -0.478. The van der Waals surface area contributed by atoms with Crippen molar-refractivity contribution < 1.29 is 19.0 Å². The topological polar surface area (TPSA) is 67.6 Å². The van der Waals surface area contributed by atoms with E-state index in [4.69, 9.17) is 4.74 Å². The van der Waals surface area contributed by atoms with Gasteiger partial charge in [0.2, 0.25) is 0 Å². The molecule has 2 aromatic rings. The molecule has 0 radical (unpaired) electrons. The standard InChI is InChI=1S/C17H20FN3O3/c1-2-24-12-6-5-9-20(10-12)17(23)16-15(22)11-21(19-16)14-8-4-3-7-13(14)18/h3-4,7-8,11-12,22H,2,5-6,9-10H2,1H3/t12-/m1/s1. The molecule has 1 aliphatic heterocycles. The van der Waals surface area contributed by atoms with Gasteiger partial charge in [-0.1, -0.05) is 12.1 Å². The Bertz CT molecular complexity index is 730. The molecule has 0 unspecified atom stereocenters. The van der Waals surface area contributed by atoms with Gasteiger partial charge in [-0.3, -0.25) is 4.79 Å². The summed E-state index contributed by atoms with van der Waals surface area (Å²) in [6.45, 7) is 3.58. The number of hydrogen-bond acceptors (Lipinski definition) is 4. The summed E-state index contributed by atoms with van der Waals surface area (Å²) in [6.07, 6.45) is 3.00. The fourth-order valence-corrected chi connectivity index (χ4v) is 2.92. The molecule has 7 heteroatoms. The van der Waals surface area contributed by atoms with Crippen LogP contribution in [-0.2, 0) is 4.74 Å². The van der Waals surface area contributed by atoms with E-state index in [9.17, 15) is 14.3 Å². The number of nitrogens with zero attached hydrogens (tertiary/aromatic N) is 3. The predicted octanol–water partition coefficient (Wildman–Crippen LogP) is 2.36. The van der Waals surface area contributed by atoms with Gasteiger partial charge in [0, 0.05) is 19.7 Å². The van der Waals surface area contributed by atoms with Crippen molar-refractivity contribution in [2.45, 2.75) is 25.9 Å². The molecule has 0 spiro atoms. The molecule has 2 heterocycles. The first-order valence-electron chi connectivity index (χ1n) is 8.04. The number of carbonyl (C=O) groups is 1. The first-order chi connectivity index (χ1) is 11.6. The van der Waals surface area contributed by atoms with Crippen LogP contribution < -0.4 is 0 Å². The molecule has 0 aliphatic carbocycles. The lowest BCUT2D eigenvalue weighted by molar-refractivity contribution is 0.00691. The average molecular weight is 333 g/mol. The SMILES string of the molecule is CCO[C@@H]1CCCN(C(=O)c2nn(-c3ccccc3F)cc2O)C1. The lowest BCUT2D eigenvalue weighted by Crippen LogP contribution is -2.43. The highest BCUT2D eigenvalue weighted by molar-refractivity contribution is 5.95. The third kappa shape index (κ3) is 3.26. The highest BCUT2D eigenvalue weighted by Crippen LogP contribution is 2.23. The number of piperidine rings is 1. The second kappa shape index (κ2) is 7.00. The van der Waals surface area contributed by atoms with E-state index in [0.717, 1.165) is 12.8 Å². The zero-order chi connectivity index (χ0) is 17.1. The number of likely N-dealkylation sites (tertiary alicyclic amines) is 1. The minimum Gasteiger partial charge on any atom is -0.504 e. The molecule has 0 saturated carbocycles. The van der Waals surface area contributed by atoms with Crippen molar-refractivity contribution in [2.75, 3.05) is 19.7 Å². The fraction of sp³-hybridized carbons (Fsp3) is 0.412. The number of carbonyl (C=O) groups excluding carboxylic acids is 1. The molecule has 1 saturated heterocycles. The Hall–Kier alpha value is -2.41. The zero-order valence-corrected chi connectivity index (χ0v) is 13.5. The van der Waals surface area contributed by atoms with Crippen LogP contribution in [0.25, 0.3) is 5.69 Å². The van der Waals surface area contributed by atoms with Gasteiger partial charge in [0.25, 0.3) is 5.91 Å². The van der Waals surface area contributed by atoms with Crippen molar-refractivity contribution in [3.05, 3.63) is 42.0 Å². The van der Waals surface area contributed by atoms with Crippen LogP contribution in [-0.4, -0.2) is 51.5 Å². The molecular weight excluding hydrogens is 313 g/mol. The number of rotatable bonds is 4. The summed E-state index contributed by atoms with van der Waals surface area (Å²) in [4.78, 5) is 14.3.